The van der Waals surface area contributed by atoms with Crippen molar-refractivity contribution < 1.29 is 18.3 Å². The number of carbonyl (C=O) groups is 1. The maximum absolute atomic E-state index is 12.5. The first-order chi connectivity index (χ1) is 10.1. The van der Waals surface area contributed by atoms with E-state index in [2.05, 4.69) is 15.4 Å². The van der Waals surface area contributed by atoms with E-state index in [1.54, 1.807) is 12.1 Å². The molecule has 1 aliphatic heterocycles. The number of alkyl halides is 2. The molecule has 2 N–H and O–H groups in total. The van der Waals surface area contributed by atoms with Crippen molar-refractivity contribution in [2.75, 3.05) is 18.4 Å². The number of carbonyl (C=O) groups excluding carboxylic acids is 1. The summed E-state index contributed by atoms with van der Waals surface area (Å²) in [6.07, 6.45) is 2.52. The van der Waals surface area contributed by atoms with Crippen molar-refractivity contribution in [3.63, 3.8) is 0 Å². The van der Waals surface area contributed by atoms with E-state index in [0.29, 0.717) is 12.2 Å². The van der Waals surface area contributed by atoms with Crippen molar-refractivity contribution in [2.45, 2.75) is 32.8 Å². The molecule has 1 aromatic carbocycles. The maximum Gasteiger partial charge on any atom is 0.387 e. The van der Waals surface area contributed by atoms with Crippen LogP contribution in [0.4, 0.5) is 14.5 Å². The molecule has 116 valence electrons. The molecule has 2 rings (SSSR count). The summed E-state index contributed by atoms with van der Waals surface area (Å²) in [6, 6.07) is 6.07. The minimum atomic E-state index is -2.87. The first-order valence-electron chi connectivity index (χ1n) is 7.13. The third-order valence-electron chi connectivity index (χ3n) is 3.95. The Morgan fingerprint density at radius 2 is 2.33 bits per heavy atom. The molecule has 4 nitrogen and oxygen atoms in total. The fraction of sp³-hybridized carbons (Fsp3) is 0.533. The van der Waals surface area contributed by atoms with Gasteiger partial charge in [0.05, 0.1) is 5.41 Å². The zero-order chi connectivity index (χ0) is 15.3. The summed E-state index contributed by atoms with van der Waals surface area (Å²) in [5.74, 6) is -0.0403. The number of amides is 1. The standard InChI is InChI=1S/C15H20F2N2O2/c1-2-15(7-4-8-18-10-15)13(20)19-11-5-3-6-12(9-11)21-14(16)17/h3,5-6,9,14,18H,2,4,7-8,10H2,1H3,(H,19,20). The van der Waals surface area contributed by atoms with E-state index in [9.17, 15) is 13.6 Å². The number of hydrogen-bond donors (Lipinski definition) is 2. The molecule has 1 amide bonds. The van der Waals surface area contributed by atoms with Gasteiger partial charge in [-0.1, -0.05) is 13.0 Å². The second-order valence-corrected chi connectivity index (χ2v) is 5.27. The lowest BCUT2D eigenvalue weighted by atomic mass is 9.77. The van der Waals surface area contributed by atoms with Gasteiger partial charge in [-0.3, -0.25) is 4.79 Å². The molecule has 0 aromatic heterocycles. The molecule has 1 atom stereocenters. The average Bonchev–Trinajstić information content (AvgIpc) is 2.47. The van der Waals surface area contributed by atoms with Crippen LogP contribution in [0.1, 0.15) is 26.2 Å². The molecule has 1 aliphatic rings. The van der Waals surface area contributed by atoms with Crippen LogP contribution in [0.25, 0.3) is 0 Å². The van der Waals surface area contributed by atoms with Crippen molar-refractivity contribution in [3.8, 4) is 5.75 Å². The lowest BCUT2D eigenvalue weighted by molar-refractivity contribution is -0.126. The highest BCUT2D eigenvalue weighted by atomic mass is 19.3. The average molecular weight is 298 g/mol. The predicted octanol–water partition coefficient (Wildman–Crippen LogP) is 3.01. The van der Waals surface area contributed by atoms with Gasteiger partial charge in [0.1, 0.15) is 5.75 Å². The van der Waals surface area contributed by atoms with Gasteiger partial charge < -0.3 is 15.4 Å². The lowest BCUT2D eigenvalue weighted by Gasteiger charge is -2.35. The number of halogens is 2. The molecule has 6 heteroatoms. The van der Waals surface area contributed by atoms with Crippen molar-refractivity contribution >= 4 is 11.6 Å². The normalized spacial score (nSPS) is 22.1. The first kappa shape index (κ1) is 15.7. The maximum atomic E-state index is 12.5. The third-order valence-corrected chi connectivity index (χ3v) is 3.95. The Kier molecular flexibility index (Phi) is 5.12. The van der Waals surface area contributed by atoms with Crippen LogP contribution >= 0.6 is 0 Å². The minimum absolute atomic E-state index is 0.0371. The lowest BCUT2D eigenvalue weighted by Crippen LogP contribution is -2.47. The molecule has 1 heterocycles. The largest absolute Gasteiger partial charge is 0.435 e. The summed E-state index contributed by atoms with van der Waals surface area (Å²) in [4.78, 5) is 12.5. The molecular weight excluding hydrogens is 278 g/mol. The fourth-order valence-electron chi connectivity index (χ4n) is 2.64. The van der Waals surface area contributed by atoms with Gasteiger partial charge in [-0.15, -0.1) is 0 Å². The van der Waals surface area contributed by atoms with Crippen LogP contribution in [0.5, 0.6) is 5.75 Å². The van der Waals surface area contributed by atoms with Crippen LogP contribution in [0, 0.1) is 5.41 Å². The highest BCUT2D eigenvalue weighted by Crippen LogP contribution is 2.32. The quantitative estimate of drug-likeness (QED) is 0.878. The molecule has 0 bridgehead atoms. The Morgan fingerprint density at radius 1 is 1.52 bits per heavy atom. The summed E-state index contributed by atoms with van der Waals surface area (Å²) in [6.45, 7) is 0.679. The number of anilines is 1. The Morgan fingerprint density at radius 3 is 2.95 bits per heavy atom. The SMILES string of the molecule is CCC1(C(=O)Nc2cccc(OC(F)F)c2)CCCNC1. The predicted molar refractivity (Wildman–Crippen MR) is 76.5 cm³/mol. The van der Waals surface area contributed by atoms with Crippen LogP contribution in [0.2, 0.25) is 0 Å². The molecule has 1 aromatic rings. The van der Waals surface area contributed by atoms with Crippen LogP contribution in [0.15, 0.2) is 24.3 Å². The summed E-state index contributed by atoms with van der Waals surface area (Å²) in [7, 11) is 0. The van der Waals surface area contributed by atoms with E-state index >= 15 is 0 Å². The van der Waals surface area contributed by atoms with Gasteiger partial charge >= 0.3 is 6.61 Å². The molecule has 0 aliphatic carbocycles. The molecule has 1 fully saturated rings. The van der Waals surface area contributed by atoms with Crippen molar-refractivity contribution in [3.05, 3.63) is 24.3 Å². The van der Waals surface area contributed by atoms with Crippen molar-refractivity contribution in [1.82, 2.24) is 5.32 Å². The van der Waals surface area contributed by atoms with Gasteiger partial charge in [0.25, 0.3) is 0 Å². The van der Waals surface area contributed by atoms with Crippen LogP contribution < -0.4 is 15.4 Å². The highest BCUT2D eigenvalue weighted by molar-refractivity contribution is 5.95. The molecular formula is C15H20F2N2O2. The van der Waals surface area contributed by atoms with E-state index in [-0.39, 0.29) is 11.7 Å². The summed E-state index contributed by atoms with van der Waals surface area (Å²) < 4.78 is 28.7. The Bertz CT molecular complexity index is 488. The smallest absolute Gasteiger partial charge is 0.387 e. The van der Waals surface area contributed by atoms with E-state index < -0.39 is 12.0 Å². The van der Waals surface area contributed by atoms with Gasteiger partial charge in [-0.25, -0.2) is 0 Å². The van der Waals surface area contributed by atoms with Crippen molar-refractivity contribution in [1.29, 1.82) is 0 Å². The zero-order valence-corrected chi connectivity index (χ0v) is 12.0. The summed E-state index contributed by atoms with van der Waals surface area (Å²) >= 11 is 0. The van der Waals surface area contributed by atoms with Crippen LogP contribution in [-0.2, 0) is 4.79 Å². The molecule has 1 saturated heterocycles. The Balaban J connectivity index is 2.07. The minimum Gasteiger partial charge on any atom is -0.435 e. The number of hydrogen-bond acceptors (Lipinski definition) is 3. The second kappa shape index (κ2) is 6.85. The van der Waals surface area contributed by atoms with Gasteiger partial charge in [-0.2, -0.15) is 8.78 Å². The van der Waals surface area contributed by atoms with Crippen LogP contribution in [-0.4, -0.2) is 25.6 Å². The summed E-state index contributed by atoms with van der Waals surface area (Å²) in [5.41, 5.74) is 0.0363. The zero-order valence-electron chi connectivity index (χ0n) is 12.0. The topological polar surface area (TPSA) is 50.4 Å². The monoisotopic (exact) mass is 298 g/mol. The highest BCUT2D eigenvalue weighted by Gasteiger charge is 2.37. The van der Waals surface area contributed by atoms with E-state index in [1.165, 1.54) is 12.1 Å². The first-order valence-corrected chi connectivity index (χ1v) is 7.13. The van der Waals surface area contributed by atoms with E-state index in [4.69, 9.17) is 0 Å². The van der Waals surface area contributed by atoms with Crippen molar-refractivity contribution in [2.24, 2.45) is 5.41 Å². The fourth-order valence-corrected chi connectivity index (χ4v) is 2.64. The van der Waals surface area contributed by atoms with E-state index in [1.807, 2.05) is 6.92 Å². The van der Waals surface area contributed by atoms with Crippen LogP contribution in [0.3, 0.4) is 0 Å². The number of nitrogens with one attached hydrogen (secondary N) is 2. The van der Waals surface area contributed by atoms with Gasteiger partial charge in [0.15, 0.2) is 0 Å². The number of benzene rings is 1. The van der Waals surface area contributed by atoms with Gasteiger partial charge in [0.2, 0.25) is 5.91 Å². The van der Waals surface area contributed by atoms with E-state index in [0.717, 1.165) is 25.8 Å². The Labute approximate surface area is 122 Å². The Hall–Kier alpha value is -1.69. The second-order valence-electron chi connectivity index (χ2n) is 5.27. The number of piperidine rings is 1. The molecule has 0 spiro atoms. The molecule has 0 radical (unpaired) electrons. The third kappa shape index (κ3) is 3.91. The molecule has 1 unspecified atom stereocenters. The number of rotatable bonds is 5. The van der Waals surface area contributed by atoms with Gasteiger partial charge in [0, 0.05) is 18.3 Å². The molecule has 21 heavy (non-hydrogen) atoms. The molecule has 0 saturated carbocycles. The van der Waals surface area contributed by atoms with Gasteiger partial charge in [-0.05, 0) is 37.9 Å². The number of ether oxygens (including phenoxy) is 1. The summed E-state index contributed by atoms with van der Waals surface area (Å²) in [5, 5.41) is 6.06.